The summed E-state index contributed by atoms with van der Waals surface area (Å²) in [6.07, 6.45) is -3.92. The van der Waals surface area contributed by atoms with E-state index in [-0.39, 0.29) is 18.6 Å². The largest absolute Gasteiger partial charge is 0.397 e. The highest BCUT2D eigenvalue weighted by Gasteiger charge is 2.41. The molecule has 2 rings (SSSR count). The van der Waals surface area contributed by atoms with Gasteiger partial charge in [-0.2, -0.15) is 13.2 Å². The lowest BCUT2D eigenvalue weighted by Crippen LogP contribution is -2.38. The van der Waals surface area contributed by atoms with E-state index in [2.05, 4.69) is 0 Å². The molecule has 3 nitrogen and oxygen atoms in total. The van der Waals surface area contributed by atoms with Crippen LogP contribution in [0.15, 0.2) is 6.07 Å². The van der Waals surface area contributed by atoms with Crippen molar-refractivity contribution in [2.75, 3.05) is 23.7 Å². The molecule has 1 fully saturated rings. The van der Waals surface area contributed by atoms with Crippen LogP contribution >= 0.6 is 11.3 Å². The molecule has 2 N–H and O–H groups in total. The van der Waals surface area contributed by atoms with Gasteiger partial charge in [0, 0.05) is 20.0 Å². The molecular weight excluding hydrogens is 277 g/mol. The highest BCUT2D eigenvalue weighted by Crippen LogP contribution is 2.38. The third kappa shape index (κ3) is 3.02. The van der Waals surface area contributed by atoms with Crippen LogP contribution in [0.25, 0.3) is 0 Å². The fourth-order valence-corrected chi connectivity index (χ4v) is 3.28. The van der Waals surface area contributed by atoms with Crippen molar-refractivity contribution in [1.29, 1.82) is 0 Å². The molecule has 106 valence electrons. The van der Waals surface area contributed by atoms with Crippen LogP contribution in [0.1, 0.15) is 29.4 Å². The number of hydrogen-bond donors (Lipinski definition) is 1. The topological polar surface area (TPSA) is 46.3 Å². The summed E-state index contributed by atoms with van der Waals surface area (Å²) in [6, 6.07) is 1.68. The molecule has 7 heteroatoms. The molecule has 1 aliphatic heterocycles. The van der Waals surface area contributed by atoms with E-state index in [0.29, 0.717) is 23.7 Å². The minimum atomic E-state index is -4.11. The fourth-order valence-electron chi connectivity index (χ4n) is 2.25. The molecule has 2 heterocycles. The highest BCUT2D eigenvalue weighted by atomic mass is 32.1. The molecule has 0 aliphatic carbocycles. The molecule has 0 spiro atoms. The zero-order valence-electron chi connectivity index (χ0n) is 10.5. The number of rotatable bonds is 2. The summed E-state index contributed by atoms with van der Waals surface area (Å²) in [5.41, 5.74) is 6.14. The Morgan fingerprint density at radius 2 is 2.00 bits per heavy atom. The third-order valence-corrected chi connectivity index (χ3v) is 4.65. The number of alkyl halides is 3. The average molecular weight is 292 g/mol. The Hall–Kier alpha value is -1.24. The van der Waals surface area contributed by atoms with E-state index in [1.807, 2.05) is 4.90 Å². The van der Waals surface area contributed by atoms with Crippen molar-refractivity contribution < 1.29 is 18.0 Å². The Kier molecular flexibility index (Phi) is 3.75. The number of ketones is 1. The van der Waals surface area contributed by atoms with Crippen LogP contribution in [0.5, 0.6) is 0 Å². The van der Waals surface area contributed by atoms with Gasteiger partial charge in [-0.05, 0) is 18.9 Å². The first-order valence-corrected chi connectivity index (χ1v) is 6.82. The van der Waals surface area contributed by atoms with Gasteiger partial charge in [0.2, 0.25) is 0 Å². The van der Waals surface area contributed by atoms with Crippen LogP contribution in [-0.4, -0.2) is 25.0 Å². The van der Waals surface area contributed by atoms with Gasteiger partial charge in [-0.3, -0.25) is 4.79 Å². The Morgan fingerprint density at radius 3 is 2.42 bits per heavy atom. The van der Waals surface area contributed by atoms with Crippen LogP contribution in [0.2, 0.25) is 0 Å². The second-order valence-corrected chi connectivity index (χ2v) is 5.76. The molecule has 19 heavy (non-hydrogen) atoms. The first-order chi connectivity index (χ1) is 8.79. The second-order valence-electron chi connectivity index (χ2n) is 4.73. The second kappa shape index (κ2) is 5.03. The monoisotopic (exact) mass is 292 g/mol. The van der Waals surface area contributed by atoms with Gasteiger partial charge in [0.1, 0.15) is 0 Å². The quantitative estimate of drug-likeness (QED) is 0.851. The number of nitrogens with zero attached hydrogens (tertiary/aromatic N) is 1. The fraction of sp³-hybridized carbons (Fsp3) is 0.583. The smallest absolute Gasteiger partial charge is 0.391 e. The minimum Gasteiger partial charge on any atom is -0.397 e. The number of halogens is 3. The van der Waals surface area contributed by atoms with Gasteiger partial charge in [0.25, 0.3) is 0 Å². The summed E-state index contributed by atoms with van der Waals surface area (Å²) in [4.78, 5) is 13.7. The lowest BCUT2D eigenvalue weighted by molar-refractivity contribution is -0.179. The van der Waals surface area contributed by atoms with Crippen LogP contribution in [0.4, 0.5) is 23.9 Å². The average Bonchev–Trinajstić information content (AvgIpc) is 2.70. The summed E-state index contributed by atoms with van der Waals surface area (Å²) in [5, 5.41) is 0.781. The number of nitrogen functional groups attached to an aromatic ring is 1. The molecule has 0 radical (unpaired) electrons. The van der Waals surface area contributed by atoms with Crippen LogP contribution in [0.3, 0.4) is 0 Å². The van der Waals surface area contributed by atoms with Gasteiger partial charge >= 0.3 is 6.18 Å². The van der Waals surface area contributed by atoms with Gasteiger partial charge in [0.05, 0.1) is 21.5 Å². The Morgan fingerprint density at radius 1 is 1.42 bits per heavy atom. The first kappa shape index (κ1) is 14.2. The number of anilines is 2. The Balaban J connectivity index is 2.06. The van der Waals surface area contributed by atoms with E-state index in [9.17, 15) is 18.0 Å². The minimum absolute atomic E-state index is 0.0940. The normalized spacial score (nSPS) is 17.8. The van der Waals surface area contributed by atoms with Crippen molar-refractivity contribution in [3.63, 3.8) is 0 Å². The molecule has 1 aliphatic rings. The summed E-state index contributed by atoms with van der Waals surface area (Å²) in [7, 11) is 0. The van der Waals surface area contributed by atoms with Gasteiger partial charge in [0.15, 0.2) is 5.78 Å². The molecule has 1 aromatic rings. The molecule has 0 bridgehead atoms. The molecular formula is C12H15F3N2OS. The maximum Gasteiger partial charge on any atom is 0.391 e. The van der Waals surface area contributed by atoms with Crippen molar-refractivity contribution in [1.82, 2.24) is 0 Å². The number of nitrogens with two attached hydrogens (primary N) is 1. The van der Waals surface area contributed by atoms with Crippen molar-refractivity contribution in [3.05, 3.63) is 10.9 Å². The van der Waals surface area contributed by atoms with Crippen LogP contribution < -0.4 is 10.6 Å². The van der Waals surface area contributed by atoms with E-state index in [0.717, 1.165) is 5.00 Å². The maximum atomic E-state index is 12.6. The molecule has 0 aromatic carbocycles. The lowest BCUT2D eigenvalue weighted by Gasteiger charge is -2.33. The maximum absolute atomic E-state index is 12.6. The molecule has 0 unspecified atom stereocenters. The Labute approximate surface area is 113 Å². The standard InChI is InChI=1S/C12H15F3N2OS/c1-7(18)11-9(16)6-10(19-11)17-4-2-8(3-5-17)12(13,14)15/h6,8H,2-5,16H2,1H3. The van der Waals surface area contributed by atoms with Crippen molar-refractivity contribution >= 4 is 27.8 Å². The summed E-state index contributed by atoms with van der Waals surface area (Å²) in [5.74, 6) is -1.33. The van der Waals surface area contributed by atoms with Gasteiger partial charge in [-0.15, -0.1) is 11.3 Å². The summed E-state index contributed by atoms with van der Waals surface area (Å²) < 4.78 is 37.7. The first-order valence-electron chi connectivity index (χ1n) is 6.01. The number of hydrogen-bond acceptors (Lipinski definition) is 4. The van der Waals surface area contributed by atoms with Crippen molar-refractivity contribution in [3.8, 4) is 0 Å². The van der Waals surface area contributed by atoms with E-state index in [1.165, 1.54) is 18.3 Å². The number of piperidine rings is 1. The molecule has 1 saturated heterocycles. The number of carbonyl (C=O) groups is 1. The number of carbonyl (C=O) groups excluding carboxylic acids is 1. The third-order valence-electron chi connectivity index (χ3n) is 3.34. The van der Waals surface area contributed by atoms with Crippen molar-refractivity contribution in [2.24, 2.45) is 5.92 Å². The van der Waals surface area contributed by atoms with Crippen LogP contribution in [-0.2, 0) is 0 Å². The molecule has 1 aromatic heterocycles. The van der Waals surface area contributed by atoms with Gasteiger partial charge < -0.3 is 10.6 Å². The molecule has 0 saturated carbocycles. The molecule has 0 atom stereocenters. The SMILES string of the molecule is CC(=O)c1sc(N2CCC(C(F)(F)F)CC2)cc1N. The summed E-state index contributed by atoms with van der Waals surface area (Å²) in [6.45, 7) is 2.13. The Bertz CT molecular complexity index is 476. The predicted octanol–water partition coefficient (Wildman–Crippen LogP) is 3.31. The number of thiophene rings is 1. The number of Topliss-reactive ketones (excluding diaryl/α,β-unsaturated/α-hetero) is 1. The predicted molar refractivity (Wildman–Crippen MR) is 69.7 cm³/mol. The van der Waals surface area contributed by atoms with Gasteiger partial charge in [-0.25, -0.2) is 0 Å². The zero-order valence-corrected chi connectivity index (χ0v) is 11.3. The van der Waals surface area contributed by atoms with Gasteiger partial charge in [-0.1, -0.05) is 0 Å². The van der Waals surface area contributed by atoms with E-state index in [1.54, 1.807) is 6.07 Å². The lowest BCUT2D eigenvalue weighted by atomic mass is 9.96. The van der Waals surface area contributed by atoms with Crippen LogP contribution in [0, 0.1) is 5.92 Å². The zero-order chi connectivity index (χ0) is 14.2. The van der Waals surface area contributed by atoms with E-state index < -0.39 is 12.1 Å². The van der Waals surface area contributed by atoms with E-state index in [4.69, 9.17) is 5.73 Å². The summed E-state index contributed by atoms with van der Waals surface area (Å²) >= 11 is 1.25. The molecule has 0 amide bonds. The van der Waals surface area contributed by atoms with E-state index >= 15 is 0 Å². The highest BCUT2D eigenvalue weighted by molar-refractivity contribution is 7.18. The van der Waals surface area contributed by atoms with Crippen molar-refractivity contribution in [2.45, 2.75) is 25.9 Å².